The third kappa shape index (κ3) is 3.16. The first-order chi connectivity index (χ1) is 11.2. The molecule has 0 atom stereocenters. The number of benzene rings is 3. The number of rotatable bonds is 4. The fourth-order valence-electron chi connectivity index (χ4n) is 2.72. The van der Waals surface area contributed by atoms with E-state index in [1.807, 2.05) is 37.3 Å². The Balaban J connectivity index is 2.16. The van der Waals surface area contributed by atoms with Gasteiger partial charge in [0.15, 0.2) is 0 Å². The van der Waals surface area contributed by atoms with Gasteiger partial charge in [-0.05, 0) is 67.4 Å². The Morgan fingerprint density at radius 3 is 2.09 bits per heavy atom. The molecular formula is C21H19NO. The van der Waals surface area contributed by atoms with Crippen LogP contribution in [0.2, 0.25) is 0 Å². The van der Waals surface area contributed by atoms with E-state index in [0.717, 1.165) is 34.5 Å². The lowest BCUT2D eigenvalue weighted by Gasteiger charge is -2.26. The normalized spacial score (nSPS) is 10.3. The number of para-hydroxylation sites is 1. The summed E-state index contributed by atoms with van der Waals surface area (Å²) in [6.07, 6.45) is 0.901. The molecule has 0 radical (unpaired) electrons. The molecule has 0 fully saturated rings. The van der Waals surface area contributed by atoms with Gasteiger partial charge in [0.25, 0.3) is 0 Å². The molecule has 0 heterocycles. The molecule has 0 aliphatic rings. The molecule has 2 heteroatoms. The zero-order chi connectivity index (χ0) is 16.2. The van der Waals surface area contributed by atoms with E-state index >= 15 is 0 Å². The minimum absolute atomic E-state index is 0.728. The van der Waals surface area contributed by atoms with Crippen molar-refractivity contribution in [2.24, 2.45) is 0 Å². The number of aldehydes is 1. The molecule has 0 amide bonds. The molecule has 0 aromatic heterocycles. The summed E-state index contributed by atoms with van der Waals surface area (Å²) in [5.41, 5.74) is 6.16. The second kappa shape index (κ2) is 6.49. The Hall–Kier alpha value is -2.87. The lowest BCUT2D eigenvalue weighted by atomic mass is 10.1. The van der Waals surface area contributed by atoms with Gasteiger partial charge in [-0.2, -0.15) is 0 Å². The van der Waals surface area contributed by atoms with Gasteiger partial charge in [0.05, 0.1) is 0 Å². The predicted octanol–water partition coefficient (Wildman–Crippen LogP) is 5.59. The first-order valence-corrected chi connectivity index (χ1v) is 7.67. The van der Waals surface area contributed by atoms with E-state index in [9.17, 15) is 4.79 Å². The Morgan fingerprint density at radius 1 is 0.739 bits per heavy atom. The van der Waals surface area contributed by atoms with E-state index in [1.54, 1.807) is 0 Å². The summed E-state index contributed by atoms with van der Waals surface area (Å²) in [7, 11) is 0. The zero-order valence-corrected chi connectivity index (χ0v) is 13.4. The minimum atomic E-state index is 0.728. The molecular weight excluding hydrogens is 282 g/mol. The largest absolute Gasteiger partial charge is 0.310 e. The Labute approximate surface area is 137 Å². The molecule has 0 spiro atoms. The number of anilines is 3. The highest BCUT2D eigenvalue weighted by atomic mass is 16.1. The third-order valence-electron chi connectivity index (χ3n) is 3.91. The van der Waals surface area contributed by atoms with Gasteiger partial charge in [-0.15, -0.1) is 0 Å². The number of aryl methyl sites for hydroxylation is 2. The van der Waals surface area contributed by atoms with E-state index in [-0.39, 0.29) is 0 Å². The predicted molar refractivity (Wildman–Crippen MR) is 96.0 cm³/mol. The van der Waals surface area contributed by atoms with Crippen LogP contribution in [-0.4, -0.2) is 6.29 Å². The molecule has 3 rings (SSSR count). The van der Waals surface area contributed by atoms with Crippen LogP contribution in [0.1, 0.15) is 21.5 Å². The van der Waals surface area contributed by atoms with Crippen LogP contribution in [0.15, 0.2) is 72.8 Å². The van der Waals surface area contributed by atoms with E-state index in [2.05, 4.69) is 54.3 Å². The molecule has 114 valence electrons. The van der Waals surface area contributed by atoms with E-state index in [0.29, 0.717) is 0 Å². The van der Waals surface area contributed by atoms with Gasteiger partial charge in [-0.1, -0.05) is 30.3 Å². The van der Waals surface area contributed by atoms with Gasteiger partial charge in [0.1, 0.15) is 6.29 Å². The Bertz CT molecular complexity index is 824. The highest BCUT2D eigenvalue weighted by Gasteiger charge is 2.13. The number of nitrogens with zero attached hydrogens (tertiary/aromatic N) is 1. The average Bonchev–Trinajstić information content (AvgIpc) is 2.56. The first kappa shape index (κ1) is 15.0. The Morgan fingerprint density at radius 2 is 1.43 bits per heavy atom. The maximum Gasteiger partial charge on any atom is 0.150 e. The van der Waals surface area contributed by atoms with Crippen molar-refractivity contribution in [2.75, 3.05) is 4.90 Å². The Kier molecular flexibility index (Phi) is 4.24. The van der Waals surface area contributed by atoms with Gasteiger partial charge in [-0.25, -0.2) is 0 Å². The topological polar surface area (TPSA) is 20.3 Å². The van der Waals surface area contributed by atoms with Crippen LogP contribution in [0.25, 0.3) is 0 Å². The van der Waals surface area contributed by atoms with Crippen molar-refractivity contribution in [3.05, 3.63) is 89.5 Å². The zero-order valence-electron chi connectivity index (χ0n) is 13.4. The lowest BCUT2D eigenvalue weighted by molar-refractivity contribution is 0.112. The van der Waals surface area contributed by atoms with Crippen molar-refractivity contribution in [3.8, 4) is 0 Å². The highest BCUT2D eigenvalue weighted by molar-refractivity contribution is 5.82. The molecule has 3 aromatic carbocycles. The van der Waals surface area contributed by atoms with Crippen LogP contribution >= 0.6 is 0 Å². The van der Waals surface area contributed by atoms with Crippen molar-refractivity contribution in [2.45, 2.75) is 13.8 Å². The van der Waals surface area contributed by atoms with E-state index in [1.165, 1.54) is 5.56 Å². The number of carbonyl (C=O) groups is 1. The van der Waals surface area contributed by atoms with Crippen LogP contribution in [0.5, 0.6) is 0 Å². The van der Waals surface area contributed by atoms with Crippen LogP contribution in [0.3, 0.4) is 0 Å². The smallest absolute Gasteiger partial charge is 0.150 e. The minimum Gasteiger partial charge on any atom is -0.310 e. The second-order valence-corrected chi connectivity index (χ2v) is 5.67. The molecule has 23 heavy (non-hydrogen) atoms. The van der Waals surface area contributed by atoms with Crippen LogP contribution in [-0.2, 0) is 0 Å². The van der Waals surface area contributed by atoms with Crippen molar-refractivity contribution in [3.63, 3.8) is 0 Å². The monoisotopic (exact) mass is 301 g/mol. The summed E-state index contributed by atoms with van der Waals surface area (Å²) in [6.45, 7) is 4.06. The summed E-state index contributed by atoms with van der Waals surface area (Å²) in [5, 5.41) is 0. The molecule has 0 saturated carbocycles. The molecule has 0 bridgehead atoms. The molecule has 3 aromatic rings. The van der Waals surface area contributed by atoms with Gasteiger partial charge in [-0.3, -0.25) is 4.79 Å². The summed E-state index contributed by atoms with van der Waals surface area (Å²) in [6, 6.07) is 24.6. The maximum absolute atomic E-state index is 11.1. The van der Waals surface area contributed by atoms with E-state index < -0.39 is 0 Å². The summed E-state index contributed by atoms with van der Waals surface area (Å²) >= 11 is 0. The second-order valence-electron chi connectivity index (χ2n) is 5.67. The van der Waals surface area contributed by atoms with Crippen molar-refractivity contribution >= 4 is 23.3 Å². The van der Waals surface area contributed by atoms with Crippen molar-refractivity contribution < 1.29 is 4.79 Å². The number of hydrogen-bond donors (Lipinski definition) is 0. The van der Waals surface area contributed by atoms with Gasteiger partial charge in [0.2, 0.25) is 0 Å². The quantitative estimate of drug-likeness (QED) is 0.586. The SMILES string of the molecule is Cc1cccc(N(c2ccccc2)c2ccc(C=O)c(C)c2)c1. The fraction of sp³-hybridized carbons (Fsp3) is 0.0952. The van der Waals surface area contributed by atoms with E-state index in [4.69, 9.17) is 0 Å². The van der Waals surface area contributed by atoms with Crippen LogP contribution in [0.4, 0.5) is 17.1 Å². The lowest BCUT2D eigenvalue weighted by Crippen LogP contribution is -2.10. The van der Waals surface area contributed by atoms with Crippen LogP contribution in [0, 0.1) is 13.8 Å². The van der Waals surface area contributed by atoms with Gasteiger partial charge < -0.3 is 4.90 Å². The molecule has 0 aliphatic carbocycles. The highest BCUT2D eigenvalue weighted by Crippen LogP contribution is 2.35. The summed E-state index contributed by atoms with van der Waals surface area (Å²) in [4.78, 5) is 13.3. The van der Waals surface area contributed by atoms with Crippen molar-refractivity contribution in [1.82, 2.24) is 0 Å². The van der Waals surface area contributed by atoms with Crippen LogP contribution < -0.4 is 4.90 Å². The average molecular weight is 301 g/mol. The van der Waals surface area contributed by atoms with Crippen molar-refractivity contribution in [1.29, 1.82) is 0 Å². The maximum atomic E-state index is 11.1. The molecule has 2 nitrogen and oxygen atoms in total. The third-order valence-corrected chi connectivity index (χ3v) is 3.91. The van der Waals surface area contributed by atoms with Gasteiger partial charge in [0, 0.05) is 22.6 Å². The van der Waals surface area contributed by atoms with Gasteiger partial charge >= 0.3 is 0 Å². The summed E-state index contributed by atoms with van der Waals surface area (Å²) < 4.78 is 0. The standard InChI is InChI=1S/C21H19NO/c1-16-7-6-10-20(13-16)22(19-8-4-3-5-9-19)21-12-11-18(15-23)17(2)14-21/h3-15H,1-2H3. The molecule has 0 N–H and O–H groups in total. The fourth-order valence-corrected chi connectivity index (χ4v) is 2.72. The molecule has 0 aliphatic heterocycles. The number of carbonyl (C=O) groups excluding carboxylic acids is 1. The first-order valence-electron chi connectivity index (χ1n) is 7.67. The summed E-state index contributed by atoms with van der Waals surface area (Å²) in [5.74, 6) is 0. The molecule has 0 saturated heterocycles. The number of hydrogen-bond acceptors (Lipinski definition) is 2. The molecule has 0 unspecified atom stereocenters.